The Kier molecular flexibility index (Phi) is 3.81. The van der Waals surface area contributed by atoms with E-state index in [0.29, 0.717) is 5.75 Å². The maximum Gasteiger partial charge on any atom is 0.254 e. The van der Waals surface area contributed by atoms with Crippen LogP contribution in [-0.4, -0.2) is 33.2 Å². The van der Waals surface area contributed by atoms with Crippen LogP contribution in [0.4, 0.5) is 4.39 Å². The lowest BCUT2D eigenvalue weighted by Gasteiger charge is -2.21. The molecule has 6 nitrogen and oxygen atoms in total. The number of halogens is 1. The quantitative estimate of drug-likeness (QED) is 0.897. The minimum absolute atomic E-state index is 0.000962. The van der Waals surface area contributed by atoms with Crippen LogP contribution in [0.2, 0.25) is 0 Å². The summed E-state index contributed by atoms with van der Waals surface area (Å²) in [6.07, 6.45) is 8.13. The van der Waals surface area contributed by atoms with Gasteiger partial charge in [-0.05, 0) is 25.3 Å². The van der Waals surface area contributed by atoms with Gasteiger partial charge >= 0.3 is 0 Å². The van der Waals surface area contributed by atoms with Crippen LogP contribution in [0.15, 0.2) is 30.9 Å². The average molecular weight is 290 g/mol. The lowest BCUT2D eigenvalue weighted by Crippen LogP contribution is -2.42. The Balaban J connectivity index is 1.66. The first-order valence-electron chi connectivity index (χ1n) is 6.80. The number of amides is 1. The molecule has 2 N–H and O–H groups in total. The molecule has 3 rings (SSSR count). The molecule has 2 aromatic heterocycles. The van der Waals surface area contributed by atoms with E-state index in [4.69, 9.17) is 4.74 Å². The Bertz CT molecular complexity index is 617. The van der Waals surface area contributed by atoms with Gasteiger partial charge in [0.1, 0.15) is 6.10 Å². The van der Waals surface area contributed by atoms with Crippen molar-refractivity contribution in [1.29, 1.82) is 0 Å². The summed E-state index contributed by atoms with van der Waals surface area (Å²) in [5, 5.41) is 9.33. The van der Waals surface area contributed by atoms with Crippen molar-refractivity contribution in [3.8, 4) is 5.75 Å². The normalized spacial score (nSPS) is 21.2. The molecule has 7 heteroatoms. The number of ether oxygens (including phenoxy) is 1. The fourth-order valence-electron chi connectivity index (χ4n) is 2.52. The van der Waals surface area contributed by atoms with Gasteiger partial charge in [-0.2, -0.15) is 5.10 Å². The summed E-state index contributed by atoms with van der Waals surface area (Å²) in [6, 6.07) is 1.23. The van der Waals surface area contributed by atoms with Crippen LogP contribution in [0.25, 0.3) is 0 Å². The molecule has 0 aromatic carbocycles. The third-order valence-electron chi connectivity index (χ3n) is 3.55. The van der Waals surface area contributed by atoms with E-state index in [1.54, 1.807) is 12.4 Å². The highest BCUT2D eigenvalue weighted by molar-refractivity contribution is 5.94. The molecule has 1 aliphatic carbocycles. The zero-order valence-electron chi connectivity index (χ0n) is 11.3. The molecule has 1 fully saturated rings. The molecule has 0 aliphatic heterocycles. The second kappa shape index (κ2) is 5.90. The van der Waals surface area contributed by atoms with E-state index >= 15 is 0 Å². The molecule has 0 spiro atoms. The van der Waals surface area contributed by atoms with Crippen LogP contribution in [0, 0.1) is 5.82 Å². The third kappa shape index (κ3) is 3.01. The third-order valence-corrected chi connectivity index (χ3v) is 3.55. The lowest BCUT2D eigenvalue weighted by molar-refractivity contribution is 0.0890. The van der Waals surface area contributed by atoms with Gasteiger partial charge in [0.25, 0.3) is 5.91 Å². The number of rotatable bonds is 4. The minimum atomic E-state index is -0.625. The van der Waals surface area contributed by atoms with Gasteiger partial charge in [-0.3, -0.25) is 14.9 Å². The van der Waals surface area contributed by atoms with E-state index in [1.807, 2.05) is 0 Å². The second-order valence-electron chi connectivity index (χ2n) is 4.96. The number of aromatic nitrogens is 3. The topological polar surface area (TPSA) is 79.9 Å². The molecular weight excluding hydrogens is 275 g/mol. The zero-order chi connectivity index (χ0) is 14.7. The zero-order valence-corrected chi connectivity index (χ0v) is 11.3. The first-order valence-corrected chi connectivity index (χ1v) is 6.80. The summed E-state index contributed by atoms with van der Waals surface area (Å²) < 4.78 is 19.3. The van der Waals surface area contributed by atoms with Crippen molar-refractivity contribution in [3.63, 3.8) is 0 Å². The van der Waals surface area contributed by atoms with Gasteiger partial charge in [0.15, 0.2) is 11.6 Å². The molecule has 0 saturated heterocycles. The number of aromatic amines is 1. The van der Waals surface area contributed by atoms with Crippen LogP contribution < -0.4 is 10.1 Å². The van der Waals surface area contributed by atoms with Crippen LogP contribution in [0.5, 0.6) is 5.75 Å². The number of nitrogens with zero attached hydrogens (tertiary/aromatic N) is 2. The number of hydrogen-bond donors (Lipinski definition) is 2. The molecule has 1 amide bonds. The van der Waals surface area contributed by atoms with Crippen molar-refractivity contribution in [2.24, 2.45) is 0 Å². The highest BCUT2D eigenvalue weighted by atomic mass is 19.1. The first-order chi connectivity index (χ1) is 10.2. The summed E-state index contributed by atoms with van der Waals surface area (Å²) in [6.45, 7) is 0. The highest BCUT2D eigenvalue weighted by Crippen LogP contribution is 2.24. The largest absolute Gasteiger partial charge is 0.485 e. The number of hydrogen-bond acceptors (Lipinski definition) is 4. The molecule has 0 radical (unpaired) electrons. The van der Waals surface area contributed by atoms with Gasteiger partial charge in [0, 0.05) is 6.20 Å². The standard InChI is InChI=1S/C14H15FN4O2/c15-11-8-16-5-4-10(11)14(20)19-12-2-1-3-13(12)21-9-6-17-18-7-9/h4-8,12-13H,1-3H2,(H,17,18)(H,19,20)/t12-,13+/m0/s1. The van der Waals surface area contributed by atoms with E-state index in [-0.39, 0.29) is 17.7 Å². The summed E-state index contributed by atoms with van der Waals surface area (Å²) in [5.74, 6) is -0.431. The second-order valence-corrected chi connectivity index (χ2v) is 4.96. The van der Waals surface area contributed by atoms with Gasteiger partial charge in [0.05, 0.1) is 30.2 Å². The molecule has 21 heavy (non-hydrogen) atoms. The smallest absolute Gasteiger partial charge is 0.254 e. The Morgan fingerprint density at radius 3 is 3.10 bits per heavy atom. The van der Waals surface area contributed by atoms with Gasteiger partial charge in [0.2, 0.25) is 0 Å². The molecule has 0 bridgehead atoms. The number of carbonyl (C=O) groups excluding carboxylic acids is 1. The number of pyridine rings is 1. The SMILES string of the molecule is O=C(N[C@H]1CCC[C@H]1Oc1cn[nH]c1)c1ccncc1F. The molecule has 0 unspecified atom stereocenters. The molecule has 2 heterocycles. The fourth-order valence-corrected chi connectivity index (χ4v) is 2.52. The highest BCUT2D eigenvalue weighted by Gasteiger charge is 2.31. The van der Waals surface area contributed by atoms with Crippen LogP contribution in [-0.2, 0) is 0 Å². The Morgan fingerprint density at radius 1 is 1.43 bits per heavy atom. The van der Waals surface area contributed by atoms with Crippen LogP contribution >= 0.6 is 0 Å². The van der Waals surface area contributed by atoms with Crippen molar-refractivity contribution >= 4 is 5.91 Å². The summed E-state index contributed by atoms with van der Waals surface area (Å²) in [5.41, 5.74) is -0.000962. The molecule has 1 aliphatic rings. The predicted molar refractivity (Wildman–Crippen MR) is 72.3 cm³/mol. The average Bonchev–Trinajstić information content (AvgIpc) is 3.12. The van der Waals surface area contributed by atoms with Crippen molar-refractivity contribution in [2.45, 2.75) is 31.4 Å². The number of nitrogens with one attached hydrogen (secondary N) is 2. The van der Waals surface area contributed by atoms with Gasteiger partial charge in [-0.1, -0.05) is 0 Å². The van der Waals surface area contributed by atoms with E-state index in [0.717, 1.165) is 25.5 Å². The first kappa shape index (κ1) is 13.5. The van der Waals surface area contributed by atoms with E-state index < -0.39 is 11.7 Å². The van der Waals surface area contributed by atoms with Gasteiger partial charge in [-0.15, -0.1) is 0 Å². The molecule has 110 valence electrons. The number of H-pyrrole nitrogens is 1. The maximum absolute atomic E-state index is 13.5. The van der Waals surface area contributed by atoms with Crippen molar-refractivity contribution in [1.82, 2.24) is 20.5 Å². The monoisotopic (exact) mass is 290 g/mol. The summed E-state index contributed by atoms with van der Waals surface area (Å²) in [7, 11) is 0. The van der Waals surface area contributed by atoms with Crippen molar-refractivity contribution in [3.05, 3.63) is 42.2 Å². The van der Waals surface area contributed by atoms with E-state index in [2.05, 4.69) is 20.5 Å². The number of carbonyl (C=O) groups is 1. The van der Waals surface area contributed by atoms with Crippen LogP contribution in [0.3, 0.4) is 0 Å². The van der Waals surface area contributed by atoms with Gasteiger partial charge in [-0.25, -0.2) is 4.39 Å². The Morgan fingerprint density at radius 2 is 2.33 bits per heavy atom. The predicted octanol–water partition coefficient (Wildman–Crippen LogP) is 1.67. The molecule has 2 aromatic rings. The molecule has 1 saturated carbocycles. The maximum atomic E-state index is 13.5. The van der Waals surface area contributed by atoms with E-state index in [1.165, 1.54) is 12.3 Å². The molecule has 2 atom stereocenters. The van der Waals surface area contributed by atoms with E-state index in [9.17, 15) is 9.18 Å². The Hall–Kier alpha value is -2.44. The summed E-state index contributed by atoms with van der Waals surface area (Å²) in [4.78, 5) is 15.8. The van der Waals surface area contributed by atoms with Crippen molar-refractivity contribution < 1.29 is 13.9 Å². The minimum Gasteiger partial charge on any atom is -0.485 e. The van der Waals surface area contributed by atoms with Gasteiger partial charge < -0.3 is 10.1 Å². The lowest BCUT2D eigenvalue weighted by atomic mass is 10.1. The Labute approximate surface area is 120 Å². The molecular formula is C14H15FN4O2. The van der Waals surface area contributed by atoms with Crippen LogP contribution in [0.1, 0.15) is 29.6 Å². The summed E-state index contributed by atoms with van der Waals surface area (Å²) >= 11 is 0. The van der Waals surface area contributed by atoms with Crippen molar-refractivity contribution in [2.75, 3.05) is 0 Å². The fraction of sp³-hybridized carbons (Fsp3) is 0.357.